The van der Waals surface area contributed by atoms with Crippen molar-refractivity contribution in [2.45, 2.75) is 26.3 Å². The van der Waals surface area contributed by atoms with Gasteiger partial charge in [-0.25, -0.2) is 14.8 Å². The first kappa shape index (κ1) is 32.6. The Morgan fingerprint density at radius 1 is 0.957 bits per heavy atom. The molecule has 1 N–H and O–H groups in total. The van der Waals surface area contributed by atoms with Gasteiger partial charge >= 0.3 is 6.09 Å². The van der Waals surface area contributed by atoms with E-state index in [1.165, 1.54) is 11.2 Å². The third kappa shape index (κ3) is 8.70. The molecule has 0 radical (unpaired) electrons. The van der Waals surface area contributed by atoms with Crippen LogP contribution in [0, 0.1) is 13.8 Å². The van der Waals surface area contributed by atoms with E-state index >= 15 is 0 Å². The van der Waals surface area contributed by atoms with Gasteiger partial charge in [-0.3, -0.25) is 9.88 Å². The molecule has 2 aromatic carbocycles. The molecule has 3 heterocycles. The molecule has 11 heteroatoms. The largest absolute Gasteiger partial charge is 0.493 e. The van der Waals surface area contributed by atoms with Gasteiger partial charge in [0.05, 0.1) is 32.0 Å². The van der Waals surface area contributed by atoms with Crippen molar-refractivity contribution in [2.24, 2.45) is 0 Å². The molecule has 4 aromatic rings. The standard InChI is InChI=1S/C35H43N7O4/c1-26-9-7-10-27(2)34(26)46-35(43)42(33-14-16-36-25-38-33)24-30(29-11-5-6-15-37-29)39-28-12-13-31(32(23-28)44-4)45-22-8-17-41-20-18-40(3)19-21-41/h5-7,9-16,23,25,30,39H,8,17-22,24H2,1-4H3. The number of para-hydroxylation sites is 1. The Bertz CT molecular complexity index is 1530. The summed E-state index contributed by atoms with van der Waals surface area (Å²) < 4.78 is 17.8. The number of nitrogens with one attached hydrogen (secondary N) is 1. The summed E-state index contributed by atoms with van der Waals surface area (Å²) in [5.74, 6) is 2.23. The van der Waals surface area contributed by atoms with Crippen LogP contribution in [0.2, 0.25) is 0 Å². The number of amides is 1. The Balaban J connectivity index is 1.32. The van der Waals surface area contributed by atoms with Crippen LogP contribution in [0.4, 0.5) is 16.3 Å². The third-order valence-electron chi connectivity index (χ3n) is 8.05. The Labute approximate surface area is 271 Å². The molecule has 1 saturated heterocycles. The molecule has 1 fully saturated rings. The van der Waals surface area contributed by atoms with E-state index in [4.69, 9.17) is 14.2 Å². The molecular formula is C35H43N7O4. The molecule has 1 aliphatic rings. The minimum Gasteiger partial charge on any atom is -0.493 e. The van der Waals surface area contributed by atoms with E-state index in [2.05, 4.69) is 37.1 Å². The number of anilines is 2. The van der Waals surface area contributed by atoms with Crippen molar-refractivity contribution >= 4 is 17.6 Å². The molecule has 1 atom stereocenters. The Morgan fingerprint density at radius 2 is 1.76 bits per heavy atom. The minimum atomic E-state index is -0.559. The summed E-state index contributed by atoms with van der Waals surface area (Å²) in [7, 11) is 3.80. The van der Waals surface area contributed by atoms with Gasteiger partial charge in [0.1, 0.15) is 17.9 Å². The molecule has 0 spiro atoms. The smallest absolute Gasteiger partial charge is 0.421 e. The summed E-state index contributed by atoms with van der Waals surface area (Å²) in [5, 5.41) is 3.55. The van der Waals surface area contributed by atoms with Crippen molar-refractivity contribution < 1.29 is 19.0 Å². The van der Waals surface area contributed by atoms with Crippen molar-refractivity contribution in [3.05, 3.63) is 96.2 Å². The first-order valence-electron chi connectivity index (χ1n) is 15.6. The Kier molecular flexibility index (Phi) is 11.4. The van der Waals surface area contributed by atoms with E-state index < -0.39 is 12.1 Å². The summed E-state index contributed by atoms with van der Waals surface area (Å²) in [6.07, 6.45) is 5.11. The first-order chi connectivity index (χ1) is 22.4. The summed E-state index contributed by atoms with van der Waals surface area (Å²) in [6, 6.07) is 18.5. The number of methoxy groups -OCH3 is 1. The van der Waals surface area contributed by atoms with Crippen molar-refractivity contribution in [3.8, 4) is 17.2 Å². The minimum absolute atomic E-state index is 0.171. The highest BCUT2D eigenvalue weighted by Gasteiger charge is 2.26. The molecule has 46 heavy (non-hydrogen) atoms. The van der Waals surface area contributed by atoms with E-state index in [1.54, 1.807) is 25.6 Å². The number of hydrogen-bond acceptors (Lipinski definition) is 10. The van der Waals surface area contributed by atoms with Gasteiger partial charge in [0.15, 0.2) is 11.5 Å². The number of pyridine rings is 1. The molecular weight excluding hydrogens is 582 g/mol. The van der Waals surface area contributed by atoms with Gasteiger partial charge in [-0.05, 0) is 68.8 Å². The molecule has 11 nitrogen and oxygen atoms in total. The van der Waals surface area contributed by atoms with Gasteiger partial charge in [0.25, 0.3) is 0 Å². The zero-order chi connectivity index (χ0) is 32.3. The van der Waals surface area contributed by atoms with E-state index in [0.717, 1.165) is 61.7 Å². The Morgan fingerprint density at radius 3 is 2.46 bits per heavy atom. The van der Waals surface area contributed by atoms with Crippen LogP contribution in [0.3, 0.4) is 0 Å². The van der Waals surface area contributed by atoms with E-state index in [0.29, 0.717) is 29.7 Å². The highest BCUT2D eigenvalue weighted by atomic mass is 16.6. The van der Waals surface area contributed by atoms with Crippen LogP contribution in [0.5, 0.6) is 17.2 Å². The highest BCUT2D eigenvalue weighted by molar-refractivity contribution is 5.88. The molecule has 0 saturated carbocycles. The maximum atomic E-state index is 13.8. The topological polar surface area (TPSA) is 105 Å². The summed E-state index contributed by atoms with van der Waals surface area (Å²) >= 11 is 0. The monoisotopic (exact) mass is 625 g/mol. The molecule has 242 valence electrons. The zero-order valence-electron chi connectivity index (χ0n) is 27.1. The second-order valence-electron chi connectivity index (χ2n) is 11.4. The van der Waals surface area contributed by atoms with Crippen LogP contribution < -0.4 is 24.4 Å². The maximum absolute atomic E-state index is 13.8. The van der Waals surface area contributed by atoms with Crippen molar-refractivity contribution in [3.63, 3.8) is 0 Å². The van der Waals surface area contributed by atoms with Crippen LogP contribution in [0.25, 0.3) is 0 Å². The number of carbonyl (C=O) groups is 1. The van der Waals surface area contributed by atoms with Gasteiger partial charge < -0.3 is 29.3 Å². The number of benzene rings is 2. The SMILES string of the molecule is COc1cc(NC(CN(C(=O)Oc2c(C)cccc2C)c2ccncn2)c2ccccn2)ccc1OCCCN1CCN(C)CC1. The van der Waals surface area contributed by atoms with Gasteiger partial charge in [0.2, 0.25) is 0 Å². The lowest BCUT2D eigenvalue weighted by Crippen LogP contribution is -2.44. The second-order valence-corrected chi connectivity index (χ2v) is 11.4. The van der Waals surface area contributed by atoms with Gasteiger partial charge in [-0.15, -0.1) is 0 Å². The van der Waals surface area contributed by atoms with E-state index in [1.807, 2.05) is 68.4 Å². The average Bonchev–Trinajstić information content (AvgIpc) is 3.08. The predicted octanol–water partition coefficient (Wildman–Crippen LogP) is 5.37. The fraction of sp³-hybridized carbons (Fsp3) is 0.371. The van der Waals surface area contributed by atoms with Crippen LogP contribution >= 0.6 is 0 Å². The van der Waals surface area contributed by atoms with Crippen molar-refractivity contribution in [2.75, 3.05) is 70.2 Å². The summed E-state index contributed by atoms with van der Waals surface area (Å²) in [5.41, 5.74) is 3.25. The summed E-state index contributed by atoms with van der Waals surface area (Å²) in [4.78, 5) is 33.1. The lowest BCUT2D eigenvalue weighted by atomic mass is 10.1. The molecule has 1 aliphatic heterocycles. The first-order valence-corrected chi connectivity index (χ1v) is 15.6. The van der Waals surface area contributed by atoms with Crippen LogP contribution in [-0.4, -0.2) is 90.9 Å². The molecule has 0 aliphatic carbocycles. The number of piperazine rings is 1. The number of ether oxygens (including phenoxy) is 3. The molecule has 0 bridgehead atoms. The van der Waals surface area contributed by atoms with Gasteiger partial charge in [-0.2, -0.15) is 0 Å². The van der Waals surface area contributed by atoms with Crippen molar-refractivity contribution in [1.82, 2.24) is 24.8 Å². The number of rotatable bonds is 13. The highest BCUT2D eigenvalue weighted by Crippen LogP contribution is 2.33. The summed E-state index contributed by atoms with van der Waals surface area (Å²) in [6.45, 7) is 10.0. The fourth-order valence-corrected chi connectivity index (χ4v) is 5.40. The maximum Gasteiger partial charge on any atom is 0.421 e. The van der Waals surface area contributed by atoms with Gasteiger partial charge in [-0.1, -0.05) is 24.3 Å². The molecule has 5 rings (SSSR count). The van der Waals surface area contributed by atoms with Crippen LogP contribution in [0.15, 0.2) is 79.4 Å². The molecule has 2 aromatic heterocycles. The van der Waals surface area contributed by atoms with Crippen LogP contribution in [-0.2, 0) is 0 Å². The number of hydrogen-bond donors (Lipinski definition) is 1. The number of aryl methyl sites for hydroxylation is 2. The number of carbonyl (C=O) groups excluding carboxylic acids is 1. The normalized spacial score (nSPS) is 14.3. The zero-order valence-corrected chi connectivity index (χ0v) is 27.1. The predicted molar refractivity (Wildman–Crippen MR) is 179 cm³/mol. The number of aromatic nitrogens is 3. The quantitative estimate of drug-likeness (QED) is 0.195. The second kappa shape index (κ2) is 16.0. The van der Waals surface area contributed by atoms with E-state index in [9.17, 15) is 4.79 Å². The lowest BCUT2D eigenvalue weighted by molar-refractivity contribution is 0.145. The van der Waals surface area contributed by atoms with Crippen LogP contribution in [0.1, 0.15) is 29.3 Å². The average molecular weight is 626 g/mol. The van der Waals surface area contributed by atoms with Crippen molar-refractivity contribution in [1.29, 1.82) is 0 Å². The number of nitrogens with zero attached hydrogens (tertiary/aromatic N) is 6. The van der Waals surface area contributed by atoms with Gasteiger partial charge in [0, 0.05) is 56.9 Å². The third-order valence-corrected chi connectivity index (χ3v) is 8.05. The molecule has 1 amide bonds. The number of likely N-dealkylation sites (N-methyl/N-ethyl adjacent to an activating group) is 1. The molecule has 1 unspecified atom stereocenters. The lowest BCUT2D eigenvalue weighted by Gasteiger charge is -2.32. The van der Waals surface area contributed by atoms with E-state index in [-0.39, 0.29) is 6.54 Å². The fourth-order valence-electron chi connectivity index (χ4n) is 5.40. The Hall–Kier alpha value is -4.74.